The molecule has 0 fully saturated rings. The number of carbonyl (C=O) groups is 2. The van der Waals surface area contributed by atoms with Gasteiger partial charge in [0.1, 0.15) is 23.7 Å². The summed E-state index contributed by atoms with van der Waals surface area (Å²) in [7, 11) is 0. The summed E-state index contributed by atoms with van der Waals surface area (Å²) in [5.41, 5.74) is 7.80. The molecule has 7 rings (SSSR count). The van der Waals surface area contributed by atoms with Gasteiger partial charge in [-0.15, -0.1) is 13.2 Å². The number of anilines is 2. The first kappa shape index (κ1) is 58.9. The van der Waals surface area contributed by atoms with Crippen molar-refractivity contribution < 1.29 is 57.6 Å². The first-order chi connectivity index (χ1) is 34.3. The second kappa shape index (κ2) is 28.0. The number of alkyl halides is 3. The third-order valence-corrected chi connectivity index (χ3v) is 11.7. The summed E-state index contributed by atoms with van der Waals surface area (Å²) < 4.78 is 46.7. The van der Waals surface area contributed by atoms with Gasteiger partial charge in [-0.2, -0.15) is 0 Å². The number of rotatable bonds is 13. The lowest BCUT2D eigenvalue weighted by atomic mass is 10.0. The zero-order chi connectivity index (χ0) is 52.5. The number of hydrogen-bond donors (Lipinski definition) is 7. The van der Waals surface area contributed by atoms with Gasteiger partial charge in [-0.05, 0) is 122 Å². The SMILES string of the molecule is C.CCc1cc(NC(=O)N2CC=C(c3ncc([C@H](O)CO)cc3Cl)CC2)ccc1OC(F)(F)F.CCc1cc(NC(=O)Oc2ccc([N+](=O)[O-])cc2)ccc1C.OC[C@@H](O)c1cnc(C2=CCNCC2)c(Cl)c1. The highest BCUT2D eigenvalue weighted by Gasteiger charge is 2.32. The summed E-state index contributed by atoms with van der Waals surface area (Å²) in [6.45, 7) is 7.39. The highest BCUT2D eigenvalue weighted by Crippen LogP contribution is 2.32. The van der Waals surface area contributed by atoms with Gasteiger partial charge < -0.3 is 45.4 Å². The van der Waals surface area contributed by atoms with E-state index in [2.05, 4.69) is 36.7 Å². The van der Waals surface area contributed by atoms with E-state index in [9.17, 15) is 43.1 Å². The zero-order valence-electron chi connectivity index (χ0n) is 39.4. The maximum Gasteiger partial charge on any atom is 0.573 e. The molecule has 4 heterocycles. The van der Waals surface area contributed by atoms with Crippen LogP contribution in [0.5, 0.6) is 11.5 Å². The fourth-order valence-electron chi connectivity index (χ4n) is 7.24. The molecule has 0 unspecified atom stereocenters. The molecular formula is C51H58Cl2F3N7O10. The number of benzene rings is 3. The van der Waals surface area contributed by atoms with Crippen LogP contribution in [0.4, 0.5) is 39.8 Å². The number of aromatic nitrogens is 2. The monoisotopic (exact) mass is 1060 g/mol. The molecule has 17 nitrogen and oxygen atoms in total. The molecule has 7 N–H and O–H groups in total. The van der Waals surface area contributed by atoms with Crippen molar-refractivity contribution in [2.45, 2.75) is 72.5 Å². The Hall–Kier alpha value is -6.65. The van der Waals surface area contributed by atoms with Crippen LogP contribution in [0.25, 0.3) is 11.1 Å². The Labute approximate surface area is 430 Å². The van der Waals surface area contributed by atoms with Crippen LogP contribution in [-0.2, 0) is 12.8 Å². The zero-order valence-corrected chi connectivity index (χ0v) is 40.9. The number of nitro groups is 1. The van der Waals surface area contributed by atoms with Crippen molar-refractivity contribution in [3.63, 3.8) is 0 Å². The third kappa shape index (κ3) is 17.5. The quantitative estimate of drug-likeness (QED) is 0.0429. The van der Waals surface area contributed by atoms with E-state index < -0.39 is 42.2 Å². The largest absolute Gasteiger partial charge is 0.573 e. The van der Waals surface area contributed by atoms with Gasteiger partial charge in [0, 0.05) is 66.7 Å². The molecule has 2 aliphatic heterocycles. The summed E-state index contributed by atoms with van der Waals surface area (Å²) in [6.07, 6.45) is 2.03. The Balaban J connectivity index is 0.000000250. The molecule has 3 aromatic carbocycles. The van der Waals surface area contributed by atoms with E-state index in [-0.39, 0.29) is 37.8 Å². The number of aliphatic hydroxyl groups excluding tert-OH is 4. The van der Waals surface area contributed by atoms with E-state index in [0.717, 1.165) is 53.9 Å². The molecule has 392 valence electrons. The predicted molar refractivity (Wildman–Crippen MR) is 274 cm³/mol. The summed E-state index contributed by atoms with van der Waals surface area (Å²) in [5, 5.41) is 57.0. The standard InChI is InChI=1S/C22H23ClF3N3O4.C16H16N2O4.C12H15ClN2O2.CH4/c1-2-13-9-16(3-4-19(13)33-22(24,25)26)28-21(32)29-7-5-14(6-8-29)20-17(23)10-15(11-27-20)18(31)12-30;1-3-12-10-13(5-4-11(12)2)17-16(19)22-15-8-6-14(7-9-15)18(20)21;13-10-5-9(11(17)7-16)6-15-12(10)8-1-3-14-4-2-8;/h3-5,9-11,18,30-31H,2,6-8,12H2,1H3,(H,28,32);4-10H,3H2,1-2H3,(H,17,19);1,5-6,11,14,16-17H,2-4,7H2;1H4/t18-;;11-;/m1.1./s1. The van der Waals surface area contributed by atoms with E-state index >= 15 is 0 Å². The lowest BCUT2D eigenvalue weighted by molar-refractivity contribution is -0.384. The summed E-state index contributed by atoms with van der Waals surface area (Å²) in [4.78, 5) is 44.6. The van der Waals surface area contributed by atoms with Crippen LogP contribution < -0.4 is 25.4 Å². The number of amides is 3. The van der Waals surface area contributed by atoms with Gasteiger partial charge in [0.25, 0.3) is 5.69 Å². The molecule has 0 bridgehead atoms. The molecule has 0 aliphatic carbocycles. The van der Waals surface area contributed by atoms with Crippen molar-refractivity contribution in [1.29, 1.82) is 0 Å². The van der Waals surface area contributed by atoms with Crippen LogP contribution in [-0.4, -0.2) is 98.1 Å². The van der Waals surface area contributed by atoms with Gasteiger partial charge in [-0.1, -0.05) is 62.7 Å². The predicted octanol–water partition coefficient (Wildman–Crippen LogP) is 10.4. The minimum Gasteiger partial charge on any atom is -0.410 e. The number of halogens is 5. The molecule has 0 spiro atoms. The Bertz CT molecular complexity index is 2750. The number of ether oxygens (including phenoxy) is 2. The van der Waals surface area contributed by atoms with Crippen molar-refractivity contribution in [3.05, 3.63) is 157 Å². The van der Waals surface area contributed by atoms with Crippen molar-refractivity contribution >= 4 is 63.5 Å². The van der Waals surface area contributed by atoms with Crippen LogP contribution in [0.1, 0.15) is 85.5 Å². The van der Waals surface area contributed by atoms with E-state index in [1.165, 1.54) is 48.7 Å². The van der Waals surface area contributed by atoms with Gasteiger partial charge in [0.05, 0.1) is 39.6 Å². The van der Waals surface area contributed by atoms with Gasteiger partial charge in [-0.3, -0.25) is 25.4 Å². The van der Waals surface area contributed by atoms with Gasteiger partial charge >= 0.3 is 18.5 Å². The van der Waals surface area contributed by atoms with Crippen molar-refractivity contribution in [3.8, 4) is 11.5 Å². The van der Waals surface area contributed by atoms with E-state index in [0.29, 0.717) is 63.2 Å². The van der Waals surface area contributed by atoms with Gasteiger partial charge in [0.15, 0.2) is 0 Å². The fourth-order valence-corrected chi connectivity index (χ4v) is 7.83. The number of hydrogen-bond acceptors (Lipinski definition) is 13. The molecule has 5 aromatic rings. The van der Waals surface area contributed by atoms with Crippen molar-refractivity contribution in [2.75, 3.05) is 50.0 Å². The Morgan fingerprint density at radius 2 is 1.40 bits per heavy atom. The third-order valence-electron chi connectivity index (χ3n) is 11.2. The topological polar surface area (TPSA) is 242 Å². The molecule has 73 heavy (non-hydrogen) atoms. The Morgan fingerprint density at radius 1 is 0.836 bits per heavy atom. The van der Waals surface area contributed by atoms with Crippen molar-refractivity contribution in [1.82, 2.24) is 20.2 Å². The first-order valence-electron chi connectivity index (χ1n) is 22.6. The summed E-state index contributed by atoms with van der Waals surface area (Å²) in [6, 6.07) is 17.8. The van der Waals surface area contributed by atoms with Crippen LogP contribution in [0.2, 0.25) is 10.0 Å². The number of urea groups is 1. The number of carbonyl (C=O) groups excluding carboxylic acids is 2. The van der Waals surface area contributed by atoms with Crippen LogP contribution >= 0.6 is 23.2 Å². The Morgan fingerprint density at radius 3 is 1.89 bits per heavy atom. The van der Waals surface area contributed by atoms with Crippen molar-refractivity contribution in [2.24, 2.45) is 0 Å². The smallest absolute Gasteiger partial charge is 0.410 e. The molecule has 0 saturated heterocycles. The lowest BCUT2D eigenvalue weighted by Crippen LogP contribution is -2.38. The molecular weight excluding hydrogens is 998 g/mol. The van der Waals surface area contributed by atoms with Crippen LogP contribution in [0.3, 0.4) is 0 Å². The van der Waals surface area contributed by atoms with Gasteiger partial charge in [0.2, 0.25) is 0 Å². The van der Waals surface area contributed by atoms with E-state index in [1.807, 2.05) is 32.1 Å². The average molecular weight is 1060 g/mol. The van der Waals surface area contributed by atoms with Crippen LogP contribution in [0.15, 0.2) is 97.3 Å². The molecule has 22 heteroatoms. The fraction of sp³-hybridized carbons (Fsp3) is 0.333. The number of aliphatic hydroxyl groups is 4. The van der Waals surface area contributed by atoms with E-state index in [4.69, 9.17) is 38.2 Å². The van der Waals surface area contributed by atoms with Crippen LogP contribution in [0, 0.1) is 17.0 Å². The highest BCUT2D eigenvalue weighted by molar-refractivity contribution is 6.32. The molecule has 0 radical (unpaired) electrons. The molecule has 3 amide bonds. The highest BCUT2D eigenvalue weighted by atomic mass is 35.5. The normalized spacial score (nSPS) is 14.0. The first-order valence-corrected chi connectivity index (χ1v) is 23.3. The van der Waals surface area contributed by atoms with Gasteiger partial charge in [-0.25, -0.2) is 9.59 Å². The molecule has 2 atom stereocenters. The number of nitrogens with one attached hydrogen (secondary N) is 3. The lowest BCUT2D eigenvalue weighted by Gasteiger charge is -2.27. The van der Waals surface area contributed by atoms with E-state index in [1.54, 1.807) is 36.2 Å². The maximum absolute atomic E-state index is 12.6. The maximum atomic E-state index is 12.6. The number of non-ortho nitro benzene ring substituents is 1. The number of nitrogens with zero attached hydrogens (tertiary/aromatic N) is 4. The second-order valence-electron chi connectivity index (χ2n) is 16.1. The molecule has 2 aliphatic rings. The summed E-state index contributed by atoms with van der Waals surface area (Å²) in [5.74, 6) is -0.0543. The average Bonchev–Trinajstić information content (AvgIpc) is 3.37. The minimum absolute atomic E-state index is 0. The molecule has 0 saturated carbocycles. The second-order valence-corrected chi connectivity index (χ2v) is 16.9. The number of pyridine rings is 2. The Kier molecular flexibility index (Phi) is 22.6. The number of aryl methyl sites for hydroxylation is 3. The summed E-state index contributed by atoms with van der Waals surface area (Å²) >= 11 is 12.4. The minimum atomic E-state index is -4.79. The molecule has 2 aromatic heterocycles. The number of nitro benzene ring substituents is 1.